The minimum Gasteiger partial charge on any atom is -0.392 e. The van der Waals surface area contributed by atoms with Crippen LogP contribution in [-0.4, -0.2) is 17.5 Å². The van der Waals surface area contributed by atoms with Crippen LogP contribution in [0.3, 0.4) is 0 Å². The highest BCUT2D eigenvalue weighted by Crippen LogP contribution is 2.53. The normalized spacial score (nSPS) is 41.1. The van der Waals surface area contributed by atoms with Crippen LogP contribution in [0.5, 0.6) is 0 Å². The summed E-state index contributed by atoms with van der Waals surface area (Å²) in [4.78, 5) is 12.1. The maximum Gasteiger partial charge on any atom is 0.159 e. The number of aliphatic hydroxyl groups excluding tert-OH is 1. The van der Waals surface area contributed by atoms with E-state index < -0.39 is 0 Å². The third-order valence-electron chi connectivity index (χ3n) is 5.33. The molecule has 2 nitrogen and oxygen atoms in total. The molecule has 2 aliphatic carbocycles. The maximum absolute atomic E-state index is 12.1. The van der Waals surface area contributed by atoms with Crippen LogP contribution in [0.15, 0.2) is 11.1 Å². The number of carbonyl (C=O) groups is 1. The smallest absolute Gasteiger partial charge is 0.159 e. The molecule has 0 radical (unpaired) electrons. The highest BCUT2D eigenvalue weighted by molar-refractivity contribution is 5.97. The first-order valence-corrected chi connectivity index (χ1v) is 6.81. The van der Waals surface area contributed by atoms with Gasteiger partial charge in [-0.3, -0.25) is 4.79 Å². The molecule has 0 saturated heterocycles. The molecule has 2 aliphatic rings. The van der Waals surface area contributed by atoms with Crippen LogP contribution in [0.1, 0.15) is 52.9 Å². The molecule has 0 aromatic heterocycles. The Labute approximate surface area is 104 Å². The molecular weight excluding hydrogens is 212 g/mol. The van der Waals surface area contributed by atoms with Gasteiger partial charge in [0.25, 0.3) is 0 Å². The lowest BCUT2D eigenvalue weighted by molar-refractivity contribution is -0.122. The number of allylic oxidation sites excluding steroid dienone is 1. The van der Waals surface area contributed by atoms with Crippen LogP contribution in [0, 0.1) is 17.3 Å². The van der Waals surface area contributed by atoms with E-state index in [1.54, 1.807) is 0 Å². The molecule has 96 valence electrons. The van der Waals surface area contributed by atoms with Crippen molar-refractivity contribution in [2.45, 2.75) is 52.9 Å². The Morgan fingerprint density at radius 2 is 2.18 bits per heavy atom. The molecular formula is C15H24O2. The fraction of sp³-hybridized carbons (Fsp3) is 0.800. The van der Waals surface area contributed by atoms with Gasteiger partial charge in [-0.15, -0.1) is 0 Å². The molecule has 2 heteroatoms. The summed E-state index contributed by atoms with van der Waals surface area (Å²) in [6.07, 6.45) is 5.34. The van der Waals surface area contributed by atoms with Crippen molar-refractivity contribution in [3.8, 4) is 0 Å². The lowest BCUT2D eigenvalue weighted by Crippen LogP contribution is -2.43. The molecule has 0 spiro atoms. The van der Waals surface area contributed by atoms with E-state index in [1.165, 1.54) is 19.3 Å². The number of Topliss-reactive ketones (excluding diaryl/α,β-unsaturated/α-hetero) is 1. The Kier molecular flexibility index (Phi) is 3.44. The minimum absolute atomic E-state index is 0.0240. The van der Waals surface area contributed by atoms with Gasteiger partial charge in [0.2, 0.25) is 0 Å². The van der Waals surface area contributed by atoms with Crippen molar-refractivity contribution in [3.63, 3.8) is 0 Å². The average molecular weight is 236 g/mol. The van der Waals surface area contributed by atoms with E-state index in [2.05, 4.69) is 13.8 Å². The van der Waals surface area contributed by atoms with Gasteiger partial charge >= 0.3 is 0 Å². The highest BCUT2D eigenvalue weighted by Gasteiger charge is 2.46. The fourth-order valence-electron chi connectivity index (χ4n) is 3.70. The standard InChI is InChI=1S/C15H24O2/c1-10(9-16)13-8-15(3)11(2)5-4-6-12(15)7-14(13)17/h11-12,16H,4-9H2,1-3H3/b13-10+/t11-,12?,15+/m0/s1. The molecule has 1 N–H and O–H groups in total. The van der Waals surface area contributed by atoms with Crippen molar-refractivity contribution in [2.24, 2.45) is 17.3 Å². The molecule has 2 saturated carbocycles. The number of ketones is 1. The fourth-order valence-corrected chi connectivity index (χ4v) is 3.70. The van der Waals surface area contributed by atoms with Crippen LogP contribution in [0.4, 0.5) is 0 Å². The molecule has 0 heterocycles. The van der Waals surface area contributed by atoms with Crippen LogP contribution < -0.4 is 0 Å². The zero-order chi connectivity index (χ0) is 12.6. The van der Waals surface area contributed by atoms with Crippen molar-refractivity contribution < 1.29 is 9.90 Å². The highest BCUT2D eigenvalue weighted by atomic mass is 16.3. The molecule has 0 amide bonds. The lowest BCUT2D eigenvalue weighted by atomic mass is 9.54. The Morgan fingerprint density at radius 1 is 1.47 bits per heavy atom. The predicted octanol–water partition coefficient (Wildman–Crippen LogP) is 3.10. The topological polar surface area (TPSA) is 37.3 Å². The van der Waals surface area contributed by atoms with Gasteiger partial charge < -0.3 is 5.11 Å². The zero-order valence-electron chi connectivity index (χ0n) is 11.3. The van der Waals surface area contributed by atoms with E-state index in [0.29, 0.717) is 18.3 Å². The second-order valence-electron chi connectivity index (χ2n) is 6.26. The molecule has 2 fully saturated rings. The number of aliphatic hydroxyl groups is 1. The van der Waals surface area contributed by atoms with Gasteiger partial charge in [0, 0.05) is 6.42 Å². The Hall–Kier alpha value is -0.630. The van der Waals surface area contributed by atoms with E-state index >= 15 is 0 Å². The number of hydrogen-bond acceptors (Lipinski definition) is 2. The average Bonchev–Trinajstić information content (AvgIpc) is 2.31. The van der Waals surface area contributed by atoms with Crippen LogP contribution in [0.25, 0.3) is 0 Å². The largest absolute Gasteiger partial charge is 0.392 e. The van der Waals surface area contributed by atoms with E-state index in [-0.39, 0.29) is 17.8 Å². The monoisotopic (exact) mass is 236 g/mol. The summed E-state index contributed by atoms with van der Waals surface area (Å²) < 4.78 is 0. The second kappa shape index (κ2) is 4.56. The van der Waals surface area contributed by atoms with Gasteiger partial charge in [-0.05, 0) is 48.2 Å². The summed E-state index contributed by atoms with van der Waals surface area (Å²) in [5, 5.41) is 9.24. The number of carbonyl (C=O) groups excluding carboxylic acids is 1. The Balaban J connectivity index is 2.32. The van der Waals surface area contributed by atoms with E-state index in [1.807, 2.05) is 6.92 Å². The lowest BCUT2D eigenvalue weighted by Gasteiger charge is -2.50. The summed E-state index contributed by atoms with van der Waals surface area (Å²) >= 11 is 0. The van der Waals surface area contributed by atoms with E-state index in [4.69, 9.17) is 0 Å². The van der Waals surface area contributed by atoms with Crippen LogP contribution >= 0.6 is 0 Å². The van der Waals surface area contributed by atoms with Gasteiger partial charge in [-0.2, -0.15) is 0 Å². The van der Waals surface area contributed by atoms with E-state index in [9.17, 15) is 9.90 Å². The third kappa shape index (κ3) is 2.08. The van der Waals surface area contributed by atoms with Gasteiger partial charge in [0.15, 0.2) is 5.78 Å². The summed E-state index contributed by atoms with van der Waals surface area (Å²) in [7, 11) is 0. The van der Waals surface area contributed by atoms with E-state index in [0.717, 1.165) is 17.6 Å². The quantitative estimate of drug-likeness (QED) is 0.710. The van der Waals surface area contributed by atoms with Crippen molar-refractivity contribution in [1.82, 2.24) is 0 Å². The molecule has 3 atom stereocenters. The van der Waals surface area contributed by atoms with Crippen molar-refractivity contribution in [2.75, 3.05) is 6.61 Å². The first-order chi connectivity index (χ1) is 7.99. The van der Waals surface area contributed by atoms with Crippen molar-refractivity contribution >= 4 is 5.78 Å². The van der Waals surface area contributed by atoms with Gasteiger partial charge in [-0.1, -0.05) is 26.7 Å². The van der Waals surface area contributed by atoms with Gasteiger partial charge in [-0.25, -0.2) is 0 Å². The summed E-state index contributed by atoms with van der Waals surface area (Å²) in [5.41, 5.74) is 2.07. The SMILES string of the molecule is C/C(CO)=C1/C[C@@]2(C)C(CCC[C@@H]2C)CC1=O. The molecule has 17 heavy (non-hydrogen) atoms. The van der Waals surface area contributed by atoms with Crippen LogP contribution in [0.2, 0.25) is 0 Å². The number of rotatable bonds is 1. The molecule has 0 aromatic rings. The Bertz CT molecular complexity index is 356. The Morgan fingerprint density at radius 3 is 2.82 bits per heavy atom. The second-order valence-corrected chi connectivity index (χ2v) is 6.26. The first-order valence-electron chi connectivity index (χ1n) is 6.81. The van der Waals surface area contributed by atoms with Crippen molar-refractivity contribution in [3.05, 3.63) is 11.1 Å². The molecule has 2 rings (SSSR count). The van der Waals surface area contributed by atoms with Crippen LogP contribution in [-0.2, 0) is 4.79 Å². The third-order valence-corrected chi connectivity index (χ3v) is 5.33. The summed E-state index contributed by atoms with van der Waals surface area (Å²) in [6, 6.07) is 0. The number of hydrogen-bond donors (Lipinski definition) is 1. The van der Waals surface area contributed by atoms with Gasteiger partial charge in [0.05, 0.1) is 6.61 Å². The summed E-state index contributed by atoms with van der Waals surface area (Å²) in [6.45, 7) is 6.59. The molecule has 0 aromatic carbocycles. The van der Waals surface area contributed by atoms with Gasteiger partial charge in [0.1, 0.15) is 0 Å². The molecule has 1 unspecified atom stereocenters. The first kappa shape index (κ1) is 12.8. The molecule has 0 aliphatic heterocycles. The maximum atomic E-state index is 12.1. The van der Waals surface area contributed by atoms with Crippen molar-refractivity contribution in [1.29, 1.82) is 0 Å². The summed E-state index contributed by atoms with van der Waals surface area (Å²) in [5.74, 6) is 1.54. The molecule has 0 bridgehead atoms. The zero-order valence-corrected chi connectivity index (χ0v) is 11.3. The predicted molar refractivity (Wildman–Crippen MR) is 68.6 cm³/mol. The number of fused-ring (bicyclic) bond motifs is 1. The minimum atomic E-state index is 0.0240.